The number of imidazole rings is 1. The normalized spacial score (nSPS) is 16.1. The lowest BCUT2D eigenvalue weighted by Gasteiger charge is -2.09. The molecule has 8 nitrogen and oxygen atoms in total. The average Bonchev–Trinajstić information content (AvgIpc) is 3.54. The van der Waals surface area contributed by atoms with E-state index in [1.54, 1.807) is 12.4 Å². The number of aromatic nitrogens is 4. The van der Waals surface area contributed by atoms with Crippen molar-refractivity contribution in [1.82, 2.24) is 24.7 Å². The van der Waals surface area contributed by atoms with Crippen molar-refractivity contribution < 1.29 is 4.79 Å². The predicted molar refractivity (Wildman–Crippen MR) is 118 cm³/mol. The van der Waals surface area contributed by atoms with Crippen molar-refractivity contribution in [1.29, 1.82) is 0 Å². The number of amides is 1. The van der Waals surface area contributed by atoms with Crippen molar-refractivity contribution in [3.8, 4) is 11.3 Å². The number of carbonyl (C=O) groups excluding carboxylic acids is 1. The van der Waals surface area contributed by atoms with E-state index in [1.807, 2.05) is 42.9 Å². The summed E-state index contributed by atoms with van der Waals surface area (Å²) in [5, 5.41) is 11.9. The summed E-state index contributed by atoms with van der Waals surface area (Å²) in [7, 11) is 1.86. The van der Waals surface area contributed by atoms with Gasteiger partial charge in [0.05, 0.1) is 6.04 Å². The molecule has 4 heterocycles. The van der Waals surface area contributed by atoms with Crippen molar-refractivity contribution in [2.75, 3.05) is 24.2 Å². The van der Waals surface area contributed by atoms with Crippen molar-refractivity contribution >= 4 is 33.7 Å². The van der Waals surface area contributed by atoms with E-state index >= 15 is 0 Å². The number of carbonyl (C=O) groups is 1. The Kier molecular flexibility index (Phi) is 4.89. The smallest absolute Gasteiger partial charge is 0.257 e. The lowest BCUT2D eigenvalue weighted by Crippen LogP contribution is -2.16. The standard InChI is InChI=1S/C21H21N7OS/c1-22-18-17-16(26-19(15-3-2-8-23-15)28(17)11-9-24-18)13-4-6-14(7-5-13)20(29)27-21-25-10-12-30-21/h4-7,9-12,15,23H,2-3,8H2,1H3,(H,22,24)(H,25,27,29). The van der Waals surface area contributed by atoms with Crippen LogP contribution in [0.5, 0.6) is 0 Å². The second-order valence-electron chi connectivity index (χ2n) is 7.08. The van der Waals surface area contributed by atoms with E-state index < -0.39 is 0 Å². The molecule has 30 heavy (non-hydrogen) atoms. The van der Waals surface area contributed by atoms with Gasteiger partial charge in [0.2, 0.25) is 0 Å². The maximum Gasteiger partial charge on any atom is 0.257 e. The van der Waals surface area contributed by atoms with Gasteiger partial charge in [0.1, 0.15) is 17.0 Å². The summed E-state index contributed by atoms with van der Waals surface area (Å²) in [6.07, 6.45) is 7.61. The number of hydrogen-bond acceptors (Lipinski definition) is 7. The molecule has 1 atom stereocenters. The van der Waals surface area contributed by atoms with Crippen LogP contribution < -0.4 is 16.0 Å². The molecule has 1 amide bonds. The van der Waals surface area contributed by atoms with E-state index in [1.165, 1.54) is 11.3 Å². The molecule has 5 rings (SSSR count). The van der Waals surface area contributed by atoms with E-state index in [0.29, 0.717) is 10.7 Å². The van der Waals surface area contributed by atoms with Gasteiger partial charge in [-0.1, -0.05) is 12.1 Å². The summed E-state index contributed by atoms with van der Waals surface area (Å²) in [6, 6.07) is 7.70. The zero-order valence-electron chi connectivity index (χ0n) is 16.4. The van der Waals surface area contributed by atoms with E-state index in [-0.39, 0.29) is 11.9 Å². The minimum absolute atomic E-state index is 0.181. The Hall–Kier alpha value is -3.30. The van der Waals surface area contributed by atoms with Crippen LogP contribution in [0.2, 0.25) is 0 Å². The molecule has 0 spiro atoms. The number of nitrogens with zero attached hydrogens (tertiary/aromatic N) is 4. The maximum absolute atomic E-state index is 12.5. The van der Waals surface area contributed by atoms with Gasteiger partial charge in [-0.2, -0.15) is 0 Å². The minimum atomic E-state index is -0.181. The first-order valence-corrected chi connectivity index (χ1v) is 10.7. The summed E-state index contributed by atoms with van der Waals surface area (Å²) in [5.41, 5.74) is 3.29. The van der Waals surface area contributed by atoms with Gasteiger partial charge in [-0.15, -0.1) is 11.3 Å². The second-order valence-corrected chi connectivity index (χ2v) is 7.98. The summed E-state index contributed by atoms with van der Waals surface area (Å²) in [4.78, 5) is 26.0. The number of hydrogen-bond donors (Lipinski definition) is 3. The van der Waals surface area contributed by atoms with Crippen LogP contribution in [0, 0.1) is 0 Å². The van der Waals surface area contributed by atoms with Crippen LogP contribution in [-0.2, 0) is 0 Å². The van der Waals surface area contributed by atoms with Crippen molar-refractivity contribution in [3.05, 3.63) is 59.6 Å². The number of benzene rings is 1. The molecule has 0 saturated carbocycles. The van der Waals surface area contributed by atoms with Gasteiger partial charge in [-0.05, 0) is 31.5 Å². The molecule has 0 aliphatic carbocycles. The third-order valence-electron chi connectivity index (χ3n) is 5.26. The highest BCUT2D eigenvalue weighted by molar-refractivity contribution is 7.13. The van der Waals surface area contributed by atoms with Crippen LogP contribution in [0.4, 0.5) is 10.9 Å². The van der Waals surface area contributed by atoms with Crippen LogP contribution in [-0.4, -0.2) is 38.9 Å². The molecule has 1 unspecified atom stereocenters. The summed E-state index contributed by atoms with van der Waals surface area (Å²) in [6.45, 7) is 1.00. The zero-order chi connectivity index (χ0) is 20.5. The molecule has 3 N–H and O–H groups in total. The molecule has 152 valence electrons. The van der Waals surface area contributed by atoms with Gasteiger partial charge < -0.3 is 10.6 Å². The quantitative estimate of drug-likeness (QED) is 0.458. The molecule has 0 bridgehead atoms. The number of fused-ring (bicyclic) bond motifs is 1. The van der Waals surface area contributed by atoms with Crippen LogP contribution in [0.15, 0.2) is 48.2 Å². The van der Waals surface area contributed by atoms with Crippen LogP contribution in [0.3, 0.4) is 0 Å². The first-order chi connectivity index (χ1) is 14.7. The van der Waals surface area contributed by atoms with Crippen LogP contribution >= 0.6 is 11.3 Å². The highest BCUT2D eigenvalue weighted by Gasteiger charge is 2.25. The minimum Gasteiger partial charge on any atom is -0.371 e. The molecular formula is C21H21N7OS. The molecule has 1 fully saturated rings. The Morgan fingerprint density at radius 3 is 2.80 bits per heavy atom. The Labute approximate surface area is 177 Å². The molecule has 1 aliphatic heterocycles. The van der Waals surface area contributed by atoms with Gasteiger partial charge in [0.15, 0.2) is 10.9 Å². The molecule has 0 radical (unpaired) electrons. The van der Waals surface area contributed by atoms with Crippen molar-refractivity contribution in [3.63, 3.8) is 0 Å². The molecule has 1 saturated heterocycles. The third-order valence-corrected chi connectivity index (χ3v) is 5.95. The molecule has 1 aliphatic rings. The van der Waals surface area contributed by atoms with E-state index in [9.17, 15) is 4.79 Å². The molecule has 9 heteroatoms. The second kappa shape index (κ2) is 7.85. The molecular weight excluding hydrogens is 398 g/mol. The highest BCUT2D eigenvalue weighted by Crippen LogP contribution is 2.33. The fraction of sp³-hybridized carbons (Fsp3) is 0.238. The average molecular weight is 420 g/mol. The Morgan fingerprint density at radius 1 is 1.23 bits per heavy atom. The van der Waals surface area contributed by atoms with Crippen molar-refractivity contribution in [2.45, 2.75) is 18.9 Å². The number of anilines is 2. The molecule has 4 aromatic rings. The van der Waals surface area contributed by atoms with Gasteiger partial charge in [-0.3, -0.25) is 14.5 Å². The Bertz CT molecular complexity index is 1180. The molecule has 1 aromatic carbocycles. The van der Waals surface area contributed by atoms with Gasteiger partial charge in [0.25, 0.3) is 5.91 Å². The van der Waals surface area contributed by atoms with E-state index in [2.05, 4.69) is 30.3 Å². The lowest BCUT2D eigenvalue weighted by atomic mass is 10.1. The molecule has 3 aromatic heterocycles. The summed E-state index contributed by atoms with van der Waals surface area (Å²) >= 11 is 1.39. The first kappa shape index (κ1) is 18.7. The van der Waals surface area contributed by atoms with Crippen LogP contribution in [0.25, 0.3) is 16.8 Å². The Balaban J connectivity index is 1.53. The number of rotatable bonds is 5. The maximum atomic E-state index is 12.5. The van der Waals surface area contributed by atoms with Gasteiger partial charge in [0, 0.05) is 42.1 Å². The van der Waals surface area contributed by atoms with Gasteiger partial charge >= 0.3 is 0 Å². The Morgan fingerprint density at radius 2 is 2.10 bits per heavy atom. The van der Waals surface area contributed by atoms with Gasteiger partial charge in [-0.25, -0.2) is 15.0 Å². The predicted octanol–water partition coefficient (Wildman–Crippen LogP) is 3.57. The van der Waals surface area contributed by atoms with E-state index in [4.69, 9.17) is 4.98 Å². The third kappa shape index (κ3) is 3.31. The fourth-order valence-corrected chi connectivity index (χ4v) is 4.36. The number of thiazole rings is 1. The zero-order valence-corrected chi connectivity index (χ0v) is 17.2. The first-order valence-electron chi connectivity index (χ1n) is 9.84. The topological polar surface area (TPSA) is 96.2 Å². The van der Waals surface area contributed by atoms with E-state index in [0.717, 1.165) is 47.8 Å². The van der Waals surface area contributed by atoms with Crippen molar-refractivity contribution in [2.24, 2.45) is 0 Å². The highest BCUT2D eigenvalue weighted by atomic mass is 32.1. The lowest BCUT2D eigenvalue weighted by molar-refractivity contribution is 0.102. The largest absolute Gasteiger partial charge is 0.371 e. The number of nitrogens with one attached hydrogen (secondary N) is 3. The summed E-state index contributed by atoms with van der Waals surface area (Å²) < 4.78 is 2.11. The SMILES string of the molecule is CNc1nccn2c(C3CCCN3)nc(-c3ccc(C(=O)Nc4nccs4)cc3)c12. The van der Waals surface area contributed by atoms with Crippen LogP contribution in [0.1, 0.15) is 35.1 Å². The monoisotopic (exact) mass is 419 g/mol. The fourth-order valence-electron chi connectivity index (χ4n) is 3.83. The summed E-state index contributed by atoms with van der Waals surface area (Å²) in [5.74, 6) is 1.58.